The second-order valence-corrected chi connectivity index (χ2v) is 7.00. The number of hydrogen-bond donors (Lipinski definition) is 2. The molecule has 0 saturated carbocycles. The van der Waals surface area contributed by atoms with E-state index in [1.165, 1.54) is 35.3 Å². The lowest BCUT2D eigenvalue weighted by Gasteiger charge is -2.42. The number of piperazine rings is 1. The number of aromatic nitrogens is 1. The first-order chi connectivity index (χ1) is 8.78. The molecule has 2 aromatic heterocycles. The van der Waals surface area contributed by atoms with Crippen LogP contribution in [-0.4, -0.2) is 36.1 Å². The van der Waals surface area contributed by atoms with Crippen molar-refractivity contribution in [3.63, 3.8) is 0 Å². The summed E-state index contributed by atoms with van der Waals surface area (Å²) in [5, 5.41) is 4.82. The molecule has 0 radical (unpaired) electrons. The first kappa shape index (κ1) is 11.3. The molecule has 4 rings (SSSR count). The molecule has 5 heteroatoms. The van der Waals surface area contributed by atoms with Gasteiger partial charge >= 0.3 is 0 Å². The normalized spacial score (nSPS) is 28.9. The zero-order valence-electron chi connectivity index (χ0n) is 10.1. The lowest BCUT2D eigenvalue weighted by molar-refractivity contribution is 0.100. The number of halogens is 1. The van der Waals surface area contributed by atoms with Crippen molar-refractivity contribution < 1.29 is 0 Å². The van der Waals surface area contributed by atoms with Gasteiger partial charge in [0.25, 0.3) is 0 Å². The standard InChI is InChI=1S/C13H16ClN3S/c14-11-7-9-6-10(16-12(9)18-11)13-2-1-4-17(13)5-3-15-8-13/h6-7,15-16H,1-5,8H2. The van der Waals surface area contributed by atoms with Crippen molar-refractivity contribution >= 4 is 33.2 Å². The van der Waals surface area contributed by atoms with Crippen molar-refractivity contribution in [1.82, 2.24) is 15.2 Å². The highest BCUT2D eigenvalue weighted by atomic mass is 35.5. The molecule has 3 nitrogen and oxygen atoms in total. The van der Waals surface area contributed by atoms with Gasteiger partial charge in [0, 0.05) is 30.7 Å². The van der Waals surface area contributed by atoms with Crippen molar-refractivity contribution in [1.29, 1.82) is 0 Å². The quantitative estimate of drug-likeness (QED) is 0.842. The summed E-state index contributed by atoms with van der Waals surface area (Å²) in [4.78, 5) is 7.45. The topological polar surface area (TPSA) is 31.1 Å². The summed E-state index contributed by atoms with van der Waals surface area (Å²) >= 11 is 7.69. The van der Waals surface area contributed by atoms with Gasteiger partial charge in [-0.1, -0.05) is 11.6 Å². The fraction of sp³-hybridized carbons (Fsp3) is 0.538. The smallest absolute Gasteiger partial charge is 0.101 e. The number of hydrogen-bond acceptors (Lipinski definition) is 3. The van der Waals surface area contributed by atoms with Crippen LogP contribution in [-0.2, 0) is 5.54 Å². The van der Waals surface area contributed by atoms with Gasteiger partial charge in [-0.25, -0.2) is 0 Å². The van der Waals surface area contributed by atoms with Gasteiger partial charge < -0.3 is 10.3 Å². The van der Waals surface area contributed by atoms with Crippen LogP contribution in [0.15, 0.2) is 12.1 Å². The summed E-state index contributed by atoms with van der Waals surface area (Å²) in [7, 11) is 0. The molecule has 96 valence electrons. The number of fused-ring (bicyclic) bond motifs is 2. The van der Waals surface area contributed by atoms with Crippen LogP contribution in [0.2, 0.25) is 4.34 Å². The summed E-state index contributed by atoms with van der Waals surface area (Å²) in [6.45, 7) is 4.57. The molecule has 0 bridgehead atoms. The summed E-state index contributed by atoms with van der Waals surface area (Å²) in [6, 6.07) is 4.36. The zero-order valence-corrected chi connectivity index (χ0v) is 11.7. The lowest BCUT2D eigenvalue weighted by atomic mass is 9.90. The molecule has 1 atom stereocenters. The third kappa shape index (κ3) is 1.50. The molecule has 0 amide bonds. The van der Waals surface area contributed by atoms with E-state index in [-0.39, 0.29) is 5.54 Å². The zero-order chi connectivity index (χ0) is 12.2. The average Bonchev–Trinajstić information content (AvgIpc) is 2.99. The summed E-state index contributed by atoms with van der Waals surface area (Å²) in [5.74, 6) is 0. The van der Waals surface area contributed by atoms with E-state index in [2.05, 4.69) is 27.3 Å². The molecule has 0 spiro atoms. The molecule has 0 aromatic carbocycles. The lowest BCUT2D eigenvalue weighted by Crippen LogP contribution is -2.55. The van der Waals surface area contributed by atoms with Crippen LogP contribution in [0.1, 0.15) is 18.5 Å². The van der Waals surface area contributed by atoms with E-state index in [0.717, 1.165) is 24.0 Å². The largest absolute Gasteiger partial charge is 0.348 e. The molecule has 4 heterocycles. The van der Waals surface area contributed by atoms with Crippen molar-refractivity contribution in [3.05, 3.63) is 22.2 Å². The summed E-state index contributed by atoms with van der Waals surface area (Å²) in [6.07, 6.45) is 2.55. The summed E-state index contributed by atoms with van der Waals surface area (Å²) < 4.78 is 0.866. The maximum Gasteiger partial charge on any atom is 0.101 e. The van der Waals surface area contributed by atoms with Gasteiger partial charge in [-0.3, -0.25) is 4.90 Å². The average molecular weight is 282 g/mol. The second-order valence-electron chi connectivity index (χ2n) is 5.32. The Morgan fingerprint density at radius 2 is 2.28 bits per heavy atom. The van der Waals surface area contributed by atoms with E-state index in [4.69, 9.17) is 11.6 Å². The highest BCUT2D eigenvalue weighted by Crippen LogP contribution is 2.41. The molecular weight excluding hydrogens is 266 g/mol. The number of nitrogens with one attached hydrogen (secondary N) is 2. The van der Waals surface area contributed by atoms with E-state index in [9.17, 15) is 0 Å². The first-order valence-corrected chi connectivity index (χ1v) is 7.72. The maximum atomic E-state index is 6.05. The third-order valence-corrected chi connectivity index (χ3v) is 5.58. The Hall–Kier alpha value is -0.550. The van der Waals surface area contributed by atoms with Crippen LogP contribution in [0, 0.1) is 0 Å². The van der Waals surface area contributed by atoms with Crippen LogP contribution >= 0.6 is 22.9 Å². The van der Waals surface area contributed by atoms with E-state index in [1.807, 2.05) is 0 Å². The van der Waals surface area contributed by atoms with E-state index < -0.39 is 0 Å². The van der Waals surface area contributed by atoms with Gasteiger partial charge in [-0.15, -0.1) is 11.3 Å². The van der Waals surface area contributed by atoms with E-state index in [1.54, 1.807) is 11.3 Å². The molecular formula is C13H16ClN3S. The van der Waals surface area contributed by atoms with Gasteiger partial charge in [-0.05, 0) is 31.5 Å². The Kier molecular flexibility index (Phi) is 2.49. The molecule has 2 aliphatic heterocycles. The molecule has 2 N–H and O–H groups in total. The highest BCUT2D eigenvalue weighted by molar-refractivity contribution is 7.22. The minimum absolute atomic E-state index is 0.198. The van der Waals surface area contributed by atoms with Gasteiger partial charge in [0.15, 0.2) is 0 Å². The molecule has 18 heavy (non-hydrogen) atoms. The molecule has 2 aromatic rings. The number of thiophene rings is 1. The van der Waals surface area contributed by atoms with Crippen LogP contribution in [0.25, 0.3) is 10.2 Å². The van der Waals surface area contributed by atoms with Crippen LogP contribution in [0.3, 0.4) is 0 Å². The molecule has 2 saturated heterocycles. The van der Waals surface area contributed by atoms with Crippen molar-refractivity contribution in [2.24, 2.45) is 0 Å². The Bertz CT molecular complexity index is 559. The van der Waals surface area contributed by atoms with E-state index in [0.29, 0.717) is 0 Å². The fourth-order valence-corrected chi connectivity index (χ4v) is 4.64. The van der Waals surface area contributed by atoms with Crippen molar-refractivity contribution in [2.45, 2.75) is 18.4 Å². The Balaban J connectivity index is 1.81. The molecule has 2 aliphatic rings. The number of H-pyrrole nitrogens is 1. The summed E-state index contributed by atoms with van der Waals surface area (Å²) in [5.41, 5.74) is 1.56. The number of rotatable bonds is 1. The van der Waals surface area contributed by atoms with E-state index >= 15 is 0 Å². The van der Waals surface area contributed by atoms with Crippen LogP contribution in [0.5, 0.6) is 0 Å². The van der Waals surface area contributed by atoms with Crippen molar-refractivity contribution in [3.8, 4) is 0 Å². The predicted molar refractivity (Wildman–Crippen MR) is 76.5 cm³/mol. The van der Waals surface area contributed by atoms with Gasteiger partial charge in [0.2, 0.25) is 0 Å². The molecule has 0 aliphatic carbocycles. The van der Waals surface area contributed by atoms with Crippen LogP contribution < -0.4 is 5.32 Å². The number of nitrogens with zero attached hydrogens (tertiary/aromatic N) is 1. The third-order valence-electron chi connectivity index (χ3n) is 4.38. The first-order valence-electron chi connectivity index (χ1n) is 6.52. The highest BCUT2D eigenvalue weighted by Gasteiger charge is 2.44. The van der Waals surface area contributed by atoms with Crippen molar-refractivity contribution in [2.75, 3.05) is 26.2 Å². The SMILES string of the molecule is Clc1cc2cc(C34CCCN3CCNC4)[nH]c2s1. The van der Waals surface area contributed by atoms with Gasteiger partial charge in [-0.2, -0.15) is 0 Å². The Morgan fingerprint density at radius 3 is 3.17 bits per heavy atom. The number of aromatic amines is 1. The van der Waals surface area contributed by atoms with Gasteiger partial charge in [0.1, 0.15) is 4.83 Å². The van der Waals surface area contributed by atoms with Gasteiger partial charge in [0.05, 0.1) is 9.88 Å². The molecule has 2 fully saturated rings. The predicted octanol–water partition coefficient (Wildman–Crippen LogP) is 2.78. The second kappa shape index (κ2) is 3.97. The Morgan fingerprint density at radius 1 is 1.33 bits per heavy atom. The minimum atomic E-state index is 0.198. The maximum absolute atomic E-state index is 6.05. The fourth-order valence-electron chi connectivity index (χ4n) is 3.51. The van der Waals surface area contributed by atoms with Crippen LogP contribution in [0.4, 0.5) is 0 Å². The monoisotopic (exact) mass is 281 g/mol. The Labute approximate surface area is 115 Å². The molecule has 1 unspecified atom stereocenters. The minimum Gasteiger partial charge on any atom is -0.348 e.